The van der Waals surface area contributed by atoms with E-state index in [1.807, 2.05) is 30.3 Å². The highest BCUT2D eigenvalue weighted by molar-refractivity contribution is 5.90. The van der Waals surface area contributed by atoms with Crippen LogP contribution in [0, 0.1) is 11.3 Å². The number of hydrogen-bond donors (Lipinski definition) is 3. The van der Waals surface area contributed by atoms with Gasteiger partial charge in [0.1, 0.15) is 18.7 Å². The number of ether oxygens (including phenoxy) is 2. The number of hydrogen-bond acceptors (Lipinski definition) is 6. The molecule has 1 heterocycles. The molecule has 1 aliphatic carbocycles. The molecule has 1 aromatic carbocycles. The Hall–Kier alpha value is -3.10. The molecule has 3 N–H and O–H groups in total. The average Bonchev–Trinajstić information content (AvgIpc) is 3.54. The van der Waals surface area contributed by atoms with Crippen LogP contribution in [0.15, 0.2) is 30.3 Å². The topological polar surface area (TPSA) is 123 Å². The highest BCUT2D eigenvalue weighted by Gasteiger charge is 2.42. The summed E-state index contributed by atoms with van der Waals surface area (Å²) < 4.78 is 10.1. The maximum atomic E-state index is 13.1. The number of esters is 1. The van der Waals surface area contributed by atoms with Crippen LogP contribution >= 0.6 is 0 Å². The summed E-state index contributed by atoms with van der Waals surface area (Å²) in [4.78, 5) is 50.0. The minimum absolute atomic E-state index is 0.0429. The Labute approximate surface area is 194 Å². The van der Waals surface area contributed by atoms with Crippen molar-refractivity contribution in [1.82, 2.24) is 16.0 Å². The molecular weight excluding hydrogens is 426 g/mol. The fourth-order valence-corrected chi connectivity index (χ4v) is 4.00. The molecule has 1 saturated carbocycles. The van der Waals surface area contributed by atoms with Crippen LogP contribution in [0.5, 0.6) is 0 Å². The number of piperidine rings is 1. The van der Waals surface area contributed by atoms with Gasteiger partial charge in [-0.3, -0.25) is 9.59 Å². The van der Waals surface area contributed by atoms with E-state index in [4.69, 9.17) is 9.47 Å². The van der Waals surface area contributed by atoms with Crippen molar-refractivity contribution in [3.05, 3.63) is 35.9 Å². The molecule has 2 fully saturated rings. The van der Waals surface area contributed by atoms with Gasteiger partial charge >= 0.3 is 12.1 Å². The molecule has 180 valence electrons. The lowest BCUT2D eigenvalue weighted by molar-refractivity contribution is -0.146. The second kappa shape index (κ2) is 11.2. The van der Waals surface area contributed by atoms with Crippen LogP contribution in [0.2, 0.25) is 0 Å². The van der Waals surface area contributed by atoms with Gasteiger partial charge in [0.2, 0.25) is 11.8 Å². The Balaban J connectivity index is 1.62. The van der Waals surface area contributed by atoms with Gasteiger partial charge in [-0.15, -0.1) is 0 Å². The summed E-state index contributed by atoms with van der Waals surface area (Å²) in [5, 5.41) is 8.14. The fourth-order valence-electron chi connectivity index (χ4n) is 4.00. The van der Waals surface area contributed by atoms with E-state index in [0.29, 0.717) is 19.4 Å². The third-order valence-corrected chi connectivity index (χ3v) is 6.34. The summed E-state index contributed by atoms with van der Waals surface area (Å²) >= 11 is 0. The van der Waals surface area contributed by atoms with E-state index in [9.17, 15) is 19.2 Å². The number of rotatable bonds is 10. The van der Waals surface area contributed by atoms with E-state index in [0.717, 1.165) is 24.8 Å². The van der Waals surface area contributed by atoms with E-state index in [2.05, 4.69) is 22.9 Å². The lowest BCUT2D eigenvalue weighted by Gasteiger charge is -2.27. The molecule has 33 heavy (non-hydrogen) atoms. The number of nitrogens with one attached hydrogen (secondary N) is 3. The number of benzene rings is 1. The summed E-state index contributed by atoms with van der Waals surface area (Å²) in [6.45, 7) is 2.74. The molecule has 3 amide bonds. The second-order valence-electron chi connectivity index (χ2n) is 9.22. The summed E-state index contributed by atoms with van der Waals surface area (Å²) in [5.74, 6) is -1.63. The zero-order valence-electron chi connectivity index (χ0n) is 19.2. The van der Waals surface area contributed by atoms with E-state index in [1.54, 1.807) is 0 Å². The maximum absolute atomic E-state index is 13.1. The van der Waals surface area contributed by atoms with Gasteiger partial charge in [0, 0.05) is 12.5 Å². The molecule has 2 aliphatic rings. The number of amides is 3. The molecule has 2 unspecified atom stereocenters. The van der Waals surface area contributed by atoms with Crippen LogP contribution < -0.4 is 16.0 Å². The summed E-state index contributed by atoms with van der Waals surface area (Å²) in [6.07, 6.45) is 3.24. The molecular formula is C24H33N3O6. The lowest BCUT2D eigenvalue weighted by Crippen LogP contribution is -2.53. The highest BCUT2D eigenvalue weighted by Crippen LogP contribution is 2.48. The zero-order valence-corrected chi connectivity index (χ0v) is 19.2. The first-order valence-corrected chi connectivity index (χ1v) is 11.4. The predicted molar refractivity (Wildman–Crippen MR) is 120 cm³/mol. The smallest absolute Gasteiger partial charge is 0.408 e. The first kappa shape index (κ1) is 24.5. The van der Waals surface area contributed by atoms with Crippen LogP contribution in [0.25, 0.3) is 0 Å². The van der Waals surface area contributed by atoms with Crippen LogP contribution in [0.4, 0.5) is 4.79 Å². The third-order valence-electron chi connectivity index (χ3n) is 6.34. The first-order chi connectivity index (χ1) is 15.8. The predicted octanol–water partition coefficient (Wildman–Crippen LogP) is 2.05. The largest absolute Gasteiger partial charge is 0.467 e. The summed E-state index contributed by atoms with van der Waals surface area (Å²) in [5.41, 5.74) is 0.790. The quantitative estimate of drug-likeness (QED) is 0.460. The van der Waals surface area contributed by atoms with E-state index in [-0.39, 0.29) is 30.3 Å². The van der Waals surface area contributed by atoms with Crippen molar-refractivity contribution in [2.45, 2.75) is 64.1 Å². The number of carbonyl (C=O) groups excluding carboxylic acids is 4. The zero-order chi connectivity index (χ0) is 23.8. The van der Waals surface area contributed by atoms with Gasteiger partial charge in [-0.2, -0.15) is 0 Å². The molecule has 0 aromatic heterocycles. The van der Waals surface area contributed by atoms with Crippen molar-refractivity contribution in [2.75, 3.05) is 13.7 Å². The van der Waals surface area contributed by atoms with Crippen LogP contribution in [0.1, 0.15) is 51.0 Å². The van der Waals surface area contributed by atoms with Gasteiger partial charge in [0.15, 0.2) is 0 Å². The van der Waals surface area contributed by atoms with Gasteiger partial charge < -0.3 is 25.4 Å². The second-order valence-corrected chi connectivity index (χ2v) is 9.22. The number of alkyl carbamates (subject to hydrolysis) is 1. The number of methoxy groups -OCH3 is 1. The monoisotopic (exact) mass is 459 g/mol. The van der Waals surface area contributed by atoms with Crippen LogP contribution in [-0.4, -0.2) is 49.6 Å². The van der Waals surface area contributed by atoms with Crippen molar-refractivity contribution in [3.63, 3.8) is 0 Å². The normalized spacial score (nSPS) is 20.5. The van der Waals surface area contributed by atoms with Crippen molar-refractivity contribution >= 4 is 23.9 Å². The summed E-state index contributed by atoms with van der Waals surface area (Å²) in [7, 11) is 1.24. The van der Waals surface area contributed by atoms with E-state index < -0.39 is 30.1 Å². The van der Waals surface area contributed by atoms with Crippen molar-refractivity contribution in [2.24, 2.45) is 11.3 Å². The molecule has 1 saturated heterocycles. The minimum atomic E-state index is -0.979. The molecule has 3 rings (SSSR count). The Kier molecular flexibility index (Phi) is 8.30. The Morgan fingerprint density at radius 2 is 1.88 bits per heavy atom. The van der Waals surface area contributed by atoms with Crippen LogP contribution in [0.3, 0.4) is 0 Å². The molecule has 9 heteroatoms. The fraction of sp³-hybridized carbons (Fsp3) is 0.583. The third kappa shape index (κ3) is 7.47. The highest BCUT2D eigenvalue weighted by atomic mass is 16.5. The van der Waals surface area contributed by atoms with Gasteiger partial charge in [-0.1, -0.05) is 37.3 Å². The van der Waals surface area contributed by atoms with E-state index in [1.165, 1.54) is 7.11 Å². The molecule has 0 bridgehead atoms. The van der Waals surface area contributed by atoms with Crippen molar-refractivity contribution in [1.29, 1.82) is 0 Å². The molecule has 1 aliphatic heterocycles. The maximum Gasteiger partial charge on any atom is 0.408 e. The van der Waals surface area contributed by atoms with Crippen LogP contribution in [-0.2, 0) is 30.5 Å². The first-order valence-electron chi connectivity index (χ1n) is 11.4. The molecule has 1 aromatic rings. The number of carbonyl (C=O) groups is 4. The van der Waals surface area contributed by atoms with Gasteiger partial charge in [0.05, 0.1) is 7.11 Å². The van der Waals surface area contributed by atoms with Gasteiger partial charge in [-0.05, 0) is 49.5 Å². The Morgan fingerprint density at radius 1 is 1.15 bits per heavy atom. The minimum Gasteiger partial charge on any atom is -0.467 e. The van der Waals surface area contributed by atoms with Crippen molar-refractivity contribution < 1.29 is 28.7 Å². The lowest BCUT2D eigenvalue weighted by atomic mass is 9.91. The Bertz CT molecular complexity index is 855. The standard InChI is InChI=1S/C24H33N3O6/c1-24(10-11-24)14-19(27-23(31)33-15-16-7-4-3-5-8-16)21(29)26-18(22(30)32-2)13-17-9-6-12-25-20(17)28/h3-5,7-8,17-19H,6,9-15H2,1-2H3,(H,25,28)(H,26,29)(H,27,31)/t17-,18?,19?/m0/s1. The molecule has 3 atom stereocenters. The summed E-state index contributed by atoms with van der Waals surface area (Å²) in [6, 6.07) is 7.40. The van der Waals surface area contributed by atoms with Gasteiger partial charge in [0.25, 0.3) is 0 Å². The Morgan fingerprint density at radius 3 is 2.52 bits per heavy atom. The molecule has 0 spiro atoms. The van der Waals surface area contributed by atoms with Gasteiger partial charge in [-0.25, -0.2) is 9.59 Å². The SMILES string of the molecule is COC(=O)C(C[C@@H]1CCCNC1=O)NC(=O)C(CC1(C)CC1)NC(=O)OCc1ccccc1. The molecule has 0 radical (unpaired) electrons. The molecule has 9 nitrogen and oxygen atoms in total. The van der Waals surface area contributed by atoms with E-state index >= 15 is 0 Å². The van der Waals surface area contributed by atoms with Crippen molar-refractivity contribution in [3.8, 4) is 0 Å². The average molecular weight is 460 g/mol.